The predicted octanol–water partition coefficient (Wildman–Crippen LogP) is 3.13. The van der Waals surface area contributed by atoms with Crippen molar-refractivity contribution in [2.24, 2.45) is 5.41 Å². The zero-order valence-electron chi connectivity index (χ0n) is 12.1. The van der Waals surface area contributed by atoms with Crippen LogP contribution in [-0.2, 0) is 0 Å². The average molecular weight is 228 g/mol. The van der Waals surface area contributed by atoms with E-state index in [9.17, 15) is 0 Å². The highest BCUT2D eigenvalue weighted by molar-refractivity contribution is 4.76. The zero-order valence-corrected chi connectivity index (χ0v) is 12.1. The van der Waals surface area contributed by atoms with Crippen LogP contribution in [0.3, 0.4) is 0 Å². The fourth-order valence-corrected chi connectivity index (χ4v) is 2.17. The maximum atomic E-state index is 3.54. The first kappa shape index (κ1) is 15.9. The van der Waals surface area contributed by atoms with Gasteiger partial charge in [-0.2, -0.15) is 0 Å². The van der Waals surface area contributed by atoms with Gasteiger partial charge in [0.25, 0.3) is 0 Å². The molecule has 98 valence electrons. The molecule has 0 aromatic rings. The Morgan fingerprint density at radius 3 is 1.94 bits per heavy atom. The molecule has 0 saturated heterocycles. The van der Waals surface area contributed by atoms with Crippen molar-refractivity contribution in [1.82, 2.24) is 10.2 Å². The van der Waals surface area contributed by atoms with Crippen molar-refractivity contribution in [1.29, 1.82) is 0 Å². The molecule has 2 heteroatoms. The van der Waals surface area contributed by atoms with E-state index in [1.54, 1.807) is 0 Å². The summed E-state index contributed by atoms with van der Waals surface area (Å²) in [5, 5.41) is 3.54. The van der Waals surface area contributed by atoms with E-state index in [0.717, 1.165) is 13.1 Å². The van der Waals surface area contributed by atoms with Crippen LogP contribution in [0.2, 0.25) is 0 Å². The lowest BCUT2D eigenvalue weighted by atomic mass is 9.92. The van der Waals surface area contributed by atoms with E-state index in [4.69, 9.17) is 0 Å². The monoisotopic (exact) mass is 228 g/mol. The number of rotatable bonds is 10. The molecule has 0 aliphatic heterocycles. The molecule has 16 heavy (non-hydrogen) atoms. The summed E-state index contributed by atoms with van der Waals surface area (Å²) >= 11 is 0. The van der Waals surface area contributed by atoms with Crippen molar-refractivity contribution in [3.05, 3.63) is 0 Å². The van der Waals surface area contributed by atoms with Crippen molar-refractivity contribution in [3.63, 3.8) is 0 Å². The topological polar surface area (TPSA) is 15.3 Å². The lowest BCUT2D eigenvalue weighted by Crippen LogP contribution is -2.41. The van der Waals surface area contributed by atoms with Gasteiger partial charge in [-0.25, -0.2) is 0 Å². The van der Waals surface area contributed by atoms with E-state index in [2.05, 4.69) is 44.8 Å². The van der Waals surface area contributed by atoms with Crippen LogP contribution in [0, 0.1) is 5.41 Å². The molecule has 0 aromatic heterocycles. The second kappa shape index (κ2) is 9.00. The van der Waals surface area contributed by atoms with Gasteiger partial charge in [0.05, 0.1) is 0 Å². The van der Waals surface area contributed by atoms with Crippen LogP contribution in [0.1, 0.15) is 53.9 Å². The minimum Gasteiger partial charge on any atom is -0.316 e. The van der Waals surface area contributed by atoms with E-state index >= 15 is 0 Å². The molecule has 0 atom stereocenters. The van der Waals surface area contributed by atoms with Crippen LogP contribution in [0.15, 0.2) is 0 Å². The highest BCUT2D eigenvalue weighted by atomic mass is 15.1. The summed E-state index contributed by atoms with van der Waals surface area (Å²) in [7, 11) is 0. The Labute approximate surface area is 103 Å². The standard InChI is InChI=1S/C14H32N2/c1-6-9-15-12-14(4,5)13-16(10-7-2)11-8-3/h15H,6-13H2,1-5H3. The number of hydrogen-bond donors (Lipinski definition) is 1. The lowest BCUT2D eigenvalue weighted by Gasteiger charge is -2.32. The lowest BCUT2D eigenvalue weighted by molar-refractivity contribution is 0.174. The van der Waals surface area contributed by atoms with Crippen LogP contribution in [0.25, 0.3) is 0 Å². The molecule has 0 spiro atoms. The van der Waals surface area contributed by atoms with Gasteiger partial charge in [0.1, 0.15) is 0 Å². The third kappa shape index (κ3) is 8.12. The summed E-state index contributed by atoms with van der Waals surface area (Å²) in [6.07, 6.45) is 3.75. The van der Waals surface area contributed by atoms with Crippen LogP contribution in [-0.4, -0.2) is 37.6 Å². The van der Waals surface area contributed by atoms with Crippen LogP contribution >= 0.6 is 0 Å². The highest BCUT2D eigenvalue weighted by Crippen LogP contribution is 2.16. The first-order chi connectivity index (χ1) is 7.55. The maximum Gasteiger partial charge on any atom is 0.00448 e. The van der Waals surface area contributed by atoms with E-state index < -0.39 is 0 Å². The number of nitrogens with zero attached hydrogens (tertiary/aromatic N) is 1. The Bertz CT molecular complexity index is 149. The summed E-state index contributed by atoms with van der Waals surface area (Å²) < 4.78 is 0. The summed E-state index contributed by atoms with van der Waals surface area (Å²) in [6, 6.07) is 0. The van der Waals surface area contributed by atoms with Crippen molar-refractivity contribution in [2.45, 2.75) is 53.9 Å². The molecule has 0 bridgehead atoms. The van der Waals surface area contributed by atoms with Gasteiger partial charge in [0.2, 0.25) is 0 Å². The normalized spacial score (nSPS) is 12.4. The summed E-state index contributed by atoms with van der Waals surface area (Å²) in [5.41, 5.74) is 0.388. The van der Waals surface area contributed by atoms with Gasteiger partial charge >= 0.3 is 0 Å². The molecule has 0 aliphatic rings. The predicted molar refractivity (Wildman–Crippen MR) is 74.0 cm³/mol. The smallest absolute Gasteiger partial charge is 0.00448 e. The number of hydrogen-bond acceptors (Lipinski definition) is 2. The second-order valence-corrected chi connectivity index (χ2v) is 5.62. The SMILES string of the molecule is CCCNCC(C)(C)CN(CCC)CCC. The number of nitrogens with one attached hydrogen (secondary N) is 1. The Kier molecular flexibility index (Phi) is 8.96. The van der Waals surface area contributed by atoms with Gasteiger partial charge in [-0.3, -0.25) is 0 Å². The maximum absolute atomic E-state index is 3.54. The molecule has 0 aromatic carbocycles. The Morgan fingerprint density at radius 2 is 1.50 bits per heavy atom. The van der Waals surface area contributed by atoms with Gasteiger partial charge < -0.3 is 10.2 Å². The minimum atomic E-state index is 0.388. The molecule has 0 amide bonds. The Balaban J connectivity index is 3.96. The third-order valence-corrected chi connectivity index (χ3v) is 2.76. The molecule has 0 aliphatic carbocycles. The molecule has 0 heterocycles. The fourth-order valence-electron chi connectivity index (χ4n) is 2.17. The molecule has 1 N–H and O–H groups in total. The van der Waals surface area contributed by atoms with Crippen molar-refractivity contribution in [2.75, 3.05) is 32.7 Å². The van der Waals surface area contributed by atoms with Gasteiger partial charge in [0, 0.05) is 13.1 Å². The van der Waals surface area contributed by atoms with Crippen LogP contribution < -0.4 is 5.32 Å². The molecule has 0 radical (unpaired) electrons. The van der Waals surface area contributed by atoms with E-state index in [1.165, 1.54) is 38.9 Å². The Hall–Kier alpha value is -0.0800. The fraction of sp³-hybridized carbons (Fsp3) is 1.00. The van der Waals surface area contributed by atoms with E-state index in [-0.39, 0.29) is 0 Å². The summed E-state index contributed by atoms with van der Waals surface area (Å²) in [6.45, 7) is 17.5. The van der Waals surface area contributed by atoms with Gasteiger partial charge in [-0.1, -0.05) is 34.6 Å². The van der Waals surface area contributed by atoms with Gasteiger partial charge in [-0.05, 0) is 44.3 Å². The minimum absolute atomic E-state index is 0.388. The average Bonchev–Trinajstić information content (AvgIpc) is 2.18. The van der Waals surface area contributed by atoms with Gasteiger partial charge in [-0.15, -0.1) is 0 Å². The molecule has 0 saturated carbocycles. The molecular formula is C14H32N2. The van der Waals surface area contributed by atoms with Gasteiger partial charge in [0.15, 0.2) is 0 Å². The highest BCUT2D eigenvalue weighted by Gasteiger charge is 2.20. The first-order valence-electron chi connectivity index (χ1n) is 6.98. The quantitative estimate of drug-likeness (QED) is 0.578. The van der Waals surface area contributed by atoms with Crippen molar-refractivity contribution < 1.29 is 0 Å². The Morgan fingerprint density at radius 1 is 0.938 bits per heavy atom. The zero-order chi connectivity index (χ0) is 12.4. The van der Waals surface area contributed by atoms with E-state index in [0.29, 0.717) is 5.41 Å². The summed E-state index contributed by atoms with van der Waals surface area (Å²) in [4.78, 5) is 2.60. The van der Waals surface area contributed by atoms with Crippen molar-refractivity contribution in [3.8, 4) is 0 Å². The second-order valence-electron chi connectivity index (χ2n) is 5.62. The molecular weight excluding hydrogens is 196 g/mol. The van der Waals surface area contributed by atoms with E-state index in [1.807, 2.05) is 0 Å². The molecule has 2 nitrogen and oxygen atoms in total. The largest absolute Gasteiger partial charge is 0.316 e. The van der Waals surface area contributed by atoms with Crippen LogP contribution in [0.5, 0.6) is 0 Å². The molecule has 0 unspecified atom stereocenters. The molecule has 0 rings (SSSR count). The third-order valence-electron chi connectivity index (χ3n) is 2.76. The summed E-state index contributed by atoms with van der Waals surface area (Å²) in [5.74, 6) is 0. The first-order valence-corrected chi connectivity index (χ1v) is 6.98. The van der Waals surface area contributed by atoms with Crippen molar-refractivity contribution >= 4 is 0 Å². The molecule has 0 fully saturated rings. The van der Waals surface area contributed by atoms with Crippen LogP contribution in [0.4, 0.5) is 0 Å².